The van der Waals surface area contributed by atoms with Crippen LogP contribution in [0.2, 0.25) is 0 Å². The van der Waals surface area contributed by atoms with Gasteiger partial charge in [-0.25, -0.2) is 14.8 Å². The SMILES string of the molecule is CCc1cnc(CNC(=O)Nc2nc(C(C)(C)C)ns2)s1. The van der Waals surface area contributed by atoms with Crippen molar-refractivity contribution in [1.29, 1.82) is 0 Å². The van der Waals surface area contributed by atoms with Gasteiger partial charge in [0, 0.05) is 28.0 Å². The Morgan fingerprint density at radius 1 is 1.38 bits per heavy atom. The van der Waals surface area contributed by atoms with Crippen LogP contribution >= 0.6 is 22.9 Å². The van der Waals surface area contributed by atoms with Gasteiger partial charge in [-0.15, -0.1) is 11.3 Å². The molecule has 0 aromatic carbocycles. The minimum atomic E-state index is -0.292. The second kappa shape index (κ2) is 6.48. The summed E-state index contributed by atoms with van der Waals surface area (Å²) >= 11 is 2.80. The molecule has 2 N–H and O–H groups in total. The summed E-state index contributed by atoms with van der Waals surface area (Å²) in [5.74, 6) is 0.732. The molecule has 0 unspecified atom stereocenters. The number of rotatable bonds is 4. The number of aryl methyl sites for hydroxylation is 1. The van der Waals surface area contributed by atoms with Gasteiger partial charge in [0.1, 0.15) is 10.8 Å². The summed E-state index contributed by atoms with van der Waals surface area (Å²) in [4.78, 5) is 21.6. The standard InChI is InChI=1S/C13H19N5OS2/c1-5-8-6-14-9(20-8)7-15-11(19)17-12-16-10(18-21-12)13(2,3)4/h6H,5,7H2,1-4H3,(H2,15,16,17,18,19). The number of nitrogens with one attached hydrogen (secondary N) is 2. The summed E-state index contributed by atoms with van der Waals surface area (Å²) < 4.78 is 4.25. The van der Waals surface area contributed by atoms with Gasteiger partial charge in [0.2, 0.25) is 5.13 Å². The van der Waals surface area contributed by atoms with Gasteiger partial charge >= 0.3 is 6.03 Å². The Hall–Kier alpha value is -1.54. The molecule has 21 heavy (non-hydrogen) atoms. The molecule has 0 fully saturated rings. The lowest BCUT2D eigenvalue weighted by atomic mass is 9.96. The third-order valence-corrected chi connectivity index (χ3v) is 4.44. The van der Waals surface area contributed by atoms with Crippen LogP contribution in [-0.2, 0) is 18.4 Å². The van der Waals surface area contributed by atoms with Gasteiger partial charge in [0.05, 0.1) is 6.54 Å². The molecule has 0 bridgehead atoms. The van der Waals surface area contributed by atoms with Crippen molar-refractivity contribution in [1.82, 2.24) is 19.7 Å². The molecule has 0 spiro atoms. The van der Waals surface area contributed by atoms with Crippen LogP contribution in [0.1, 0.15) is 43.4 Å². The Morgan fingerprint density at radius 2 is 2.14 bits per heavy atom. The lowest BCUT2D eigenvalue weighted by Gasteiger charge is -2.12. The lowest BCUT2D eigenvalue weighted by molar-refractivity contribution is 0.251. The van der Waals surface area contributed by atoms with Crippen molar-refractivity contribution in [3.63, 3.8) is 0 Å². The third-order valence-electron chi connectivity index (χ3n) is 2.67. The molecule has 2 rings (SSSR count). The second-order valence-corrected chi connectivity index (χ2v) is 7.51. The van der Waals surface area contributed by atoms with Crippen molar-refractivity contribution >= 4 is 34.0 Å². The minimum Gasteiger partial charge on any atom is -0.331 e. The molecule has 6 nitrogen and oxygen atoms in total. The third kappa shape index (κ3) is 4.47. The van der Waals surface area contributed by atoms with E-state index in [4.69, 9.17) is 0 Å². The van der Waals surface area contributed by atoms with Crippen LogP contribution < -0.4 is 10.6 Å². The highest BCUT2D eigenvalue weighted by Crippen LogP contribution is 2.22. The first kappa shape index (κ1) is 15.8. The number of carbonyl (C=O) groups is 1. The number of aromatic nitrogens is 3. The molecule has 0 aliphatic heterocycles. The quantitative estimate of drug-likeness (QED) is 0.905. The van der Waals surface area contributed by atoms with Gasteiger partial charge in [0.15, 0.2) is 0 Å². The molecule has 0 atom stereocenters. The Morgan fingerprint density at radius 3 is 2.71 bits per heavy atom. The second-order valence-electron chi connectivity index (χ2n) is 5.55. The van der Waals surface area contributed by atoms with Gasteiger partial charge in [-0.05, 0) is 6.42 Å². The van der Waals surface area contributed by atoms with Crippen LogP contribution in [0.3, 0.4) is 0 Å². The minimum absolute atomic E-state index is 0.121. The van der Waals surface area contributed by atoms with E-state index in [1.54, 1.807) is 11.3 Å². The summed E-state index contributed by atoms with van der Waals surface area (Å²) in [6, 6.07) is -0.292. The number of thiazole rings is 1. The summed E-state index contributed by atoms with van der Waals surface area (Å²) in [5.41, 5.74) is -0.121. The van der Waals surface area contributed by atoms with Crippen LogP contribution in [0.25, 0.3) is 0 Å². The number of hydrogen-bond acceptors (Lipinski definition) is 6. The van der Waals surface area contributed by atoms with Crippen LogP contribution in [0.15, 0.2) is 6.20 Å². The van der Waals surface area contributed by atoms with E-state index in [0.717, 1.165) is 17.3 Å². The number of hydrogen-bond donors (Lipinski definition) is 2. The van der Waals surface area contributed by atoms with Crippen LogP contribution in [-0.4, -0.2) is 20.4 Å². The van der Waals surface area contributed by atoms with Crippen molar-refractivity contribution in [2.75, 3.05) is 5.32 Å². The van der Waals surface area contributed by atoms with Gasteiger partial charge in [-0.2, -0.15) is 4.37 Å². The highest BCUT2D eigenvalue weighted by Gasteiger charge is 2.20. The van der Waals surface area contributed by atoms with E-state index >= 15 is 0 Å². The van der Waals surface area contributed by atoms with E-state index in [1.165, 1.54) is 16.4 Å². The average molecular weight is 325 g/mol. The molecule has 0 aliphatic rings. The number of nitrogens with zero attached hydrogens (tertiary/aromatic N) is 3. The van der Waals surface area contributed by atoms with E-state index in [2.05, 4.69) is 31.9 Å². The van der Waals surface area contributed by atoms with Crippen molar-refractivity contribution < 1.29 is 4.79 Å². The maximum Gasteiger partial charge on any atom is 0.321 e. The Balaban J connectivity index is 1.85. The molecular formula is C13H19N5OS2. The fourth-order valence-electron chi connectivity index (χ4n) is 1.47. The normalized spacial score (nSPS) is 11.4. The van der Waals surface area contributed by atoms with Crippen molar-refractivity contribution in [3.8, 4) is 0 Å². The Labute approximate surface area is 132 Å². The molecule has 114 valence electrons. The maximum absolute atomic E-state index is 11.8. The van der Waals surface area contributed by atoms with Gasteiger partial charge in [0.25, 0.3) is 0 Å². The molecule has 2 aromatic rings. The average Bonchev–Trinajstić information content (AvgIpc) is 3.04. The zero-order chi connectivity index (χ0) is 15.5. The first-order chi connectivity index (χ1) is 9.88. The highest BCUT2D eigenvalue weighted by molar-refractivity contribution is 7.11. The Bertz CT molecular complexity index is 614. The molecular weight excluding hydrogens is 306 g/mol. The zero-order valence-electron chi connectivity index (χ0n) is 12.6. The fourth-order valence-corrected chi connectivity index (χ4v) is 3.02. The topological polar surface area (TPSA) is 79.8 Å². The predicted octanol–water partition coefficient (Wildman–Crippen LogP) is 3.18. The predicted molar refractivity (Wildman–Crippen MR) is 86.0 cm³/mol. The van der Waals surface area contributed by atoms with E-state index < -0.39 is 0 Å². The van der Waals surface area contributed by atoms with Crippen LogP contribution in [0.5, 0.6) is 0 Å². The number of urea groups is 1. The van der Waals surface area contributed by atoms with Crippen molar-refractivity contribution in [2.24, 2.45) is 0 Å². The molecule has 0 saturated heterocycles. The molecule has 2 heterocycles. The fraction of sp³-hybridized carbons (Fsp3) is 0.538. The van der Waals surface area contributed by atoms with Crippen LogP contribution in [0, 0.1) is 0 Å². The number of amides is 2. The lowest BCUT2D eigenvalue weighted by Crippen LogP contribution is -2.28. The summed E-state index contributed by atoms with van der Waals surface area (Å²) in [6.45, 7) is 8.60. The van der Waals surface area contributed by atoms with Crippen LogP contribution in [0.4, 0.5) is 9.93 Å². The highest BCUT2D eigenvalue weighted by atomic mass is 32.1. The molecule has 0 saturated carbocycles. The van der Waals surface area contributed by atoms with Gasteiger partial charge in [-0.3, -0.25) is 5.32 Å². The van der Waals surface area contributed by atoms with E-state index in [9.17, 15) is 4.79 Å². The summed E-state index contributed by atoms with van der Waals surface area (Å²) in [6.07, 6.45) is 2.81. The van der Waals surface area contributed by atoms with E-state index in [-0.39, 0.29) is 11.4 Å². The monoisotopic (exact) mass is 325 g/mol. The molecule has 8 heteroatoms. The van der Waals surface area contributed by atoms with Crippen molar-refractivity contribution in [3.05, 3.63) is 21.9 Å². The largest absolute Gasteiger partial charge is 0.331 e. The first-order valence-electron chi connectivity index (χ1n) is 6.71. The summed E-state index contributed by atoms with van der Waals surface area (Å²) in [7, 11) is 0. The smallest absolute Gasteiger partial charge is 0.321 e. The van der Waals surface area contributed by atoms with Crippen molar-refractivity contribution in [2.45, 2.75) is 46.1 Å². The summed E-state index contributed by atoms with van der Waals surface area (Å²) in [5, 5.41) is 6.87. The first-order valence-corrected chi connectivity index (χ1v) is 8.30. The number of anilines is 1. The van der Waals surface area contributed by atoms with Gasteiger partial charge < -0.3 is 5.32 Å². The number of carbonyl (C=O) groups excluding carboxylic acids is 1. The zero-order valence-corrected chi connectivity index (χ0v) is 14.2. The molecule has 0 aliphatic carbocycles. The molecule has 0 radical (unpaired) electrons. The Kier molecular flexibility index (Phi) is 4.89. The molecule has 2 amide bonds. The molecule has 2 aromatic heterocycles. The van der Waals surface area contributed by atoms with E-state index in [0.29, 0.717) is 11.7 Å². The van der Waals surface area contributed by atoms with Gasteiger partial charge in [-0.1, -0.05) is 27.7 Å². The maximum atomic E-state index is 11.8. The van der Waals surface area contributed by atoms with E-state index in [1.807, 2.05) is 27.0 Å².